The van der Waals surface area contributed by atoms with Gasteiger partial charge in [-0.25, -0.2) is 9.79 Å². The van der Waals surface area contributed by atoms with E-state index >= 15 is 0 Å². The predicted molar refractivity (Wildman–Crippen MR) is 67.3 cm³/mol. The summed E-state index contributed by atoms with van der Waals surface area (Å²) in [7, 11) is 0. The summed E-state index contributed by atoms with van der Waals surface area (Å²) in [6.07, 6.45) is 1.56. The van der Waals surface area contributed by atoms with E-state index in [-0.39, 0.29) is 6.54 Å². The molecule has 0 unspecified atom stereocenters. The van der Waals surface area contributed by atoms with Gasteiger partial charge in [0.15, 0.2) is 0 Å². The van der Waals surface area contributed by atoms with E-state index in [2.05, 4.69) is 4.99 Å². The second-order valence-corrected chi connectivity index (χ2v) is 4.31. The molecule has 2 heterocycles. The molecule has 0 saturated carbocycles. The fourth-order valence-corrected chi connectivity index (χ4v) is 2.28. The number of isocyanates is 1. The Bertz CT molecular complexity index is 733. The number of furan rings is 2. The third kappa shape index (κ3) is 1.55. The highest BCUT2D eigenvalue weighted by molar-refractivity contribution is 5.98. The van der Waals surface area contributed by atoms with E-state index in [4.69, 9.17) is 8.83 Å². The normalized spacial score (nSPS) is 11.0. The summed E-state index contributed by atoms with van der Waals surface area (Å²) in [4.78, 5) is 14.0. The second-order valence-electron chi connectivity index (χ2n) is 4.31. The van der Waals surface area contributed by atoms with Crippen LogP contribution < -0.4 is 0 Å². The minimum Gasteiger partial charge on any atom is -0.461 e. The minimum absolute atomic E-state index is 0.253. The van der Waals surface area contributed by atoms with E-state index in [0.29, 0.717) is 0 Å². The lowest BCUT2D eigenvalue weighted by atomic mass is 10.1. The lowest BCUT2D eigenvalue weighted by Gasteiger charge is -1.99. The Morgan fingerprint density at radius 2 is 1.94 bits per heavy atom. The topological polar surface area (TPSA) is 55.7 Å². The van der Waals surface area contributed by atoms with Crippen molar-refractivity contribution in [2.24, 2.45) is 4.99 Å². The van der Waals surface area contributed by atoms with Crippen LogP contribution in [0.1, 0.15) is 17.1 Å². The Balaban J connectivity index is 2.42. The fourth-order valence-electron chi connectivity index (χ4n) is 2.28. The van der Waals surface area contributed by atoms with Gasteiger partial charge in [0.1, 0.15) is 22.7 Å². The average Bonchev–Trinajstić information content (AvgIpc) is 2.85. The lowest BCUT2D eigenvalue weighted by Crippen LogP contribution is -1.83. The van der Waals surface area contributed by atoms with Gasteiger partial charge in [0.05, 0.1) is 6.54 Å². The van der Waals surface area contributed by atoms with Crippen LogP contribution in [0.5, 0.6) is 0 Å². The van der Waals surface area contributed by atoms with Crippen molar-refractivity contribution < 1.29 is 13.6 Å². The molecule has 0 aliphatic rings. The Hall–Kier alpha value is -2.32. The summed E-state index contributed by atoms with van der Waals surface area (Å²) < 4.78 is 11.3. The van der Waals surface area contributed by atoms with Crippen molar-refractivity contribution in [2.75, 3.05) is 0 Å². The number of rotatable bonds is 2. The largest absolute Gasteiger partial charge is 0.461 e. The van der Waals surface area contributed by atoms with E-state index in [1.807, 2.05) is 32.0 Å². The molecule has 0 radical (unpaired) electrons. The van der Waals surface area contributed by atoms with Crippen molar-refractivity contribution in [3.8, 4) is 0 Å². The summed E-state index contributed by atoms with van der Waals surface area (Å²) in [6, 6.07) is 5.82. The van der Waals surface area contributed by atoms with Crippen LogP contribution in [0.3, 0.4) is 0 Å². The van der Waals surface area contributed by atoms with Crippen LogP contribution in [0.2, 0.25) is 0 Å². The van der Waals surface area contributed by atoms with Gasteiger partial charge in [-0.3, -0.25) is 0 Å². The summed E-state index contributed by atoms with van der Waals surface area (Å²) in [5.41, 5.74) is 2.42. The number of hydrogen-bond acceptors (Lipinski definition) is 4. The van der Waals surface area contributed by atoms with E-state index in [0.717, 1.165) is 39.0 Å². The van der Waals surface area contributed by atoms with Crippen molar-refractivity contribution in [3.63, 3.8) is 0 Å². The maximum Gasteiger partial charge on any atom is 0.235 e. The van der Waals surface area contributed by atoms with Gasteiger partial charge in [-0.1, -0.05) is 0 Å². The molecule has 1 aromatic carbocycles. The predicted octanol–water partition coefficient (Wildman–Crippen LogP) is 3.63. The molecule has 3 rings (SSSR count). The molecule has 90 valence electrons. The quantitative estimate of drug-likeness (QED) is 0.508. The van der Waals surface area contributed by atoms with E-state index in [9.17, 15) is 4.79 Å². The van der Waals surface area contributed by atoms with Gasteiger partial charge in [0.25, 0.3) is 0 Å². The van der Waals surface area contributed by atoms with Crippen LogP contribution in [0, 0.1) is 13.8 Å². The SMILES string of the molecule is Cc1cc2c(CN=C=O)c3oc(C)cc3cc2o1. The molecule has 0 fully saturated rings. The molecule has 0 amide bonds. The Morgan fingerprint density at radius 3 is 2.72 bits per heavy atom. The molecule has 4 nitrogen and oxygen atoms in total. The monoisotopic (exact) mass is 241 g/mol. The van der Waals surface area contributed by atoms with Crippen LogP contribution in [0.15, 0.2) is 32.0 Å². The molecule has 0 N–H and O–H groups in total. The zero-order chi connectivity index (χ0) is 12.7. The number of nitrogens with zero attached hydrogens (tertiary/aromatic N) is 1. The van der Waals surface area contributed by atoms with Gasteiger partial charge < -0.3 is 8.83 Å². The fraction of sp³-hybridized carbons (Fsp3) is 0.214. The zero-order valence-corrected chi connectivity index (χ0v) is 10.1. The third-order valence-corrected chi connectivity index (χ3v) is 2.96. The van der Waals surface area contributed by atoms with Crippen molar-refractivity contribution in [3.05, 3.63) is 35.3 Å². The van der Waals surface area contributed by atoms with Gasteiger partial charge in [0.2, 0.25) is 6.08 Å². The molecule has 2 aromatic heterocycles. The first kappa shape index (κ1) is 10.8. The molecule has 0 saturated heterocycles. The van der Waals surface area contributed by atoms with Crippen LogP contribution in [-0.4, -0.2) is 6.08 Å². The summed E-state index contributed by atoms with van der Waals surface area (Å²) >= 11 is 0. The maximum atomic E-state index is 10.3. The summed E-state index contributed by atoms with van der Waals surface area (Å²) in [6.45, 7) is 4.03. The van der Waals surface area contributed by atoms with Crippen molar-refractivity contribution >= 4 is 28.0 Å². The highest BCUT2D eigenvalue weighted by Gasteiger charge is 2.14. The van der Waals surface area contributed by atoms with Gasteiger partial charge in [-0.2, -0.15) is 0 Å². The number of fused-ring (bicyclic) bond motifs is 2. The van der Waals surface area contributed by atoms with Crippen LogP contribution in [0.4, 0.5) is 0 Å². The Morgan fingerprint density at radius 1 is 1.17 bits per heavy atom. The highest BCUT2D eigenvalue weighted by atomic mass is 16.3. The van der Waals surface area contributed by atoms with Crippen molar-refractivity contribution in [2.45, 2.75) is 20.4 Å². The molecule has 0 bridgehead atoms. The molecule has 3 aromatic rings. The molecular weight excluding hydrogens is 230 g/mol. The molecule has 4 heteroatoms. The van der Waals surface area contributed by atoms with Crippen LogP contribution in [0.25, 0.3) is 21.9 Å². The Kier molecular flexibility index (Phi) is 2.32. The number of carbonyl (C=O) groups excluding carboxylic acids is 1. The van der Waals surface area contributed by atoms with Gasteiger partial charge in [0, 0.05) is 16.3 Å². The lowest BCUT2D eigenvalue weighted by molar-refractivity contribution is 0.561. The molecule has 0 aliphatic heterocycles. The standard InChI is InChI=1S/C14H11NO3/c1-8-3-10-5-13-11(4-9(2)17-13)12(6-15-7-16)14(10)18-8/h3-5H,6H2,1-2H3. The maximum absolute atomic E-state index is 10.3. The molecular formula is C14H11NO3. The van der Waals surface area contributed by atoms with Gasteiger partial charge >= 0.3 is 0 Å². The van der Waals surface area contributed by atoms with Gasteiger partial charge in [-0.05, 0) is 32.0 Å². The summed E-state index contributed by atoms with van der Waals surface area (Å²) in [5, 5.41) is 1.90. The molecule has 18 heavy (non-hydrogen) atoms. The van der Waals surface area contributed by atoms with E-state index in [1.54, 1.807) is 6.08 Å². The first-order valence-electron chi connectivity index (χ1n) is 5.65. The third-order valence-electron chi connectivity index (χ3n) is 2.96. The average molecular weight is 241 g/mol. The molecule has 0 aliphatic carbocycles. The van der Waals surface area contributed by atoms with E-state index in [1.165, 1.54) is 0 Å². The molecule has 0 atom stereocenters. The highest BCUT2D eigenvalue weighted by Crippen LogP contribution is 2.33. The number of aryl methyl sites for hydroxylation is 2. The zero-order valence-electron chi connectivity index (χ0n) is 10.1. The minimum atomic E-state index is 0.253. The van der Waals surface area contributed by atoms with E-state index < -0.39 is 0 Å². The number of benzene rings is 1. The number of hydrogen-bond donors (Lipinski definition) is 0. The molecule has 0 spiro atoms. The number of aliphatic imine (C=N–C) groups is 1. The first-order chi connectivity index (χ1) is 8.69. The van der Waals surface area contributed by atoms with Crippen molar-refractivity contribution in [1.82, 2.24) is 0 Å². The van der Waals surface area contributed by atoms with Crippen LogP contribution >= 0.6 is 0 Å². The Labute approximate surface area is 103 Å². The second kappa shape index (κ2) is 3.86. The smallest absolute Gasteiger partial charge is 0.235 e. The van der Waals surface area contributed by atoms with Gasteiger partial charge in [-0.15, -0.1) is 0 Å². The first-order valence-corrected chi connectivity index (χ1v) is 5.65. The summed E-state index contributed by atoms with van der Waals surface area (Å²) in [5.74, 6) is 1.65. The van der Waals surface area contributed by atoms with Crippen molar-refractivity contribution in [1.29, 1.82) is 0 Å². The van der Waals surface area contributed by atoms with Crippen LogP contribution in [-0.2, 0) is 11.3 Å².